The Morgan fingerprint density at radius 2 is 1.64 bits per heavy atom. The van der Waals surface area contributed by atoms with Crippen molar-refractivity contribution in [2.24, 2.45) is 0 Å². The number of likely N-dealkylation sites (tertiary alicyclic amines) is 1. The van der Waals surface area contributed by atoms with Gasteiger partial charge in [0.2, 0.25) is 15.9 Å². The van der Waals surface area contributed by atoms with E-state index in [2.05, 4.69) is 10.2 Å². The maximum atomic E-state index is 12.9. The molecule has 2 aliphatic rings. The number of hydrogen-bond donors (Lipinski definition) is 0. The highest BCUT2D eigenvalue weighted by Crippen LogP contribution is 2.27. The maximum absolute atomic E-state index is 12.9. The smallest absolute Gasteiger partial charge is 0.243 e. The lowest BCUT2D eigenvalue weighted by atomic mass is 9.95. The number of aromatic nitrogens is 3. The summed E-state index contributed by atoms with van der Waals surface area (Å²) in [5, 5.41) is 8.62. The van der Waals surface area contributed by atoms with E-state index in [1.165, 1.54) is 0 Å². The molecule has 4 heterocycles. The zero-order chi connectivity index (χ0) is 22.8. The average Bonchev–Trinajstić information content (AvgIpc) is 3.29. The van der Waals surface area contributed by atoms with Crippen molar-refractivity contribution in [2.75, 3.05) is 26.2 Å². The standard InChI is InChI=1S/C24H29N5O3S/c30-23(18-19-7-9-21(10-8-19)33(31,32)28-13-3-1-4-14-28)27-16-11-20(12-17-27)24-26-25-22-6-2-5-15-29(22)24/h2,5-10,15,20H,1,3-4,11-14,16-18H2. The Labute approximate surface area is 194 Å². The molecule has 8 nitrogen and oxygen atoms in total. The summed E-state index contributed by atoms with van der Waals surface area (Å²) in [6.07, 6.45) is 6.88. The van der Waals surface area contributed by atoms with E-state index >= 15 is 0 Å². The average molecular weight is 468 g/mol. The predicted octanol–water partition coefficient (Wildman–Crippen LogP) is 2.85. The van der Waals surface area contributed by atoms with Crippen molar-refractivity contribution in [1.29, 1.82) is 0 Å². The largest absolute Gasteiger partial charge is 0.342 e. The van der Waals surface area contributed by atoms with Crippen molar-refractivity contribution in [2.45, 2.75) is 49.3 Å². The van der Waals surface area contributed by atoms with Crippen molar-refractivity contribution in [3.63, 3.8) is 0 Å². The number of carbonyl (C=O) groups is 1. The van der Waals surface area contributed by atoms with Gasteiger partial charge in [0.15, 0.2) is 5.65 Å². The molecular weight excluding hydrogens is 438 g/mol. The third-order valence-electron chi connectivity index (χ3n) is 6.78. The lowest BCUT2D eigenvalue weighted by Crippen LogP contribution is -2.39. The summed E-state index contributed by atoms with van der Waals surface area (Å²) in [7, 11) is -3.45. The van der Waals surface area contributed by atoms with Gasteiger partial charge in [-0.1, -0.05) is 24.6 Å². The highest BCUT2D eigenvalue weighted by Gasteiger charge is 2.28. The molecule has 33 heavy (non-hydrogen) atoms. The Bertz CT molecular complexity index is 1220. The van der Waals surface area contributed by atoms with Crippen molar-refractivity contribution in [3.05, 3.63) is 60.0 Å². The highest BCUT2D eigenvalue weighted by atomic mass is 32.2. The first kappa shape index (κ1) is 22.0. The number of fused-ring (bicyclic) bond motifs is 1. The fourth-order valence-electron chi connectivity index (χ4n) is 4.85. The molecule has 1 aromatic carbocycles. The van der Waals surface area contributed by atoms with E-state index in [1.54, 1.807) is 28.6 Å². The van der Waals surface area contributed by atoms with Crippen molar-refractivity contribution in [1.82, 2.24) is 23.8 Å². The Morgan fingerprint density at radius 1 is 0.909 bits per heavy atom. The van der Waals surface area contributed by atoms with E-state index in [4.69, 9.17) is 0 Å². The molecule has 0 spiro atoms. The van der Waals surface area contributed by atoms with Gasteiger partial charge in [-0.05, 0) is 55.5 Å². The molecule has 3 aromatic rings. The van der Waals surface area contributed by atoms with Gasteiger partial charge >= 0.3 is 0 Å². The molecule has 2 aromatic heterocycles. The van der Waals surface area contributed by atoms with Crippen molar-refractivity contribution < 1.29 is 13.2 Å². The number of pyridine rings is 1. The molecule has 0 atom stereocenters. The quantitative estimate of drug-likeness (QED) is 0.576. The minimum Gasteiger partial charge on any atom is -0.342 e. The number of rotatable bonds is 5. The van der Waals surface area contributed by atoms with Crippen molar-refractivity contribution >= 4 is 21.6 Å². The molecule has 2 aliphatic heterocycles. The molecular formula is C24H29N5O3S. The van der Waals surface area contributed by atoms with Crippen LogP contribution in [0.4, 0.5) is 0 Å². The second-order valence-electron chi connectivity index (χ2n) is 8.93. The van der Waals surface area contributed by atoms with Crippen LogP contribution >= 0.6 is 0 Å². The number of hydrogen-bond acceptors (Lipinski definition) is 5. The topological polar surface area (TPSA) is 87.9 Å². The van der Waals surface area contributed by atoms with Gasteiger partial charge in [-0.2, -0.15) is 4.31 Å². The molecule has 174 valence electrons. The van der Waals surface area contributed by atoms with Gasteiger partial charge in [0.25, 0.3) is 0 Å². The number of sulfonamides is 1. The van der Waals surface area contributed by atoms with Crippen LogP contribution in [0, 0.1) is 0 Å². The Kier molecular flexibility index (Phi) is 6.16. The third-order valence-corrected chi connectivity index (χ3v) is 8.70. The molecule has 2 fully saturated rings. The van der Waals surface area contributed by atoms with E-state index in [1.807, 2.05) is 33.7 Å². The molecule has 5 rings (SSSR count). The first-order valence-corrected chi connectivity index (χ1v) is 13.1. The van der Waals surface area contributed by atoms with Crippen LogP contribution in [0.5, 0.6) is 0 Å². The summed E-state index contributed by atoms with van der Waals surface area (Å²) >= 11 is 0. The van der Waals surface area contributed by atoms with Crippen LogP contribution in [0.2, 0.25) is 0 Å². The number of benzene rings is 1. The Morgan fingerprint density at radius 3 is 2.36 bits per heavy atom. The zero-order valence-corrected chi connectivity index (χ0v) is 19.5. The van der Waals surface area contributed by atoms with Crippen LogP contribution in [-0.2, 0) is 21.2 Å². The Hall–Kier alpha value is -2.78. The number of carbonyl (C=O) groups excluding carboxylic acids is 1. The lowest BCUT2D eigenvalue weighted by molar-refractivity contribution is -0.131. The summed E-state index contributed by atoms with van der Waals surface area (Å²) in [5.74, 6) is 1.32. The fourth-order valence-corrected chi connectivity index (χ4v) is 6.36. The second kappa shape index (κ2) is 9.23. The van der Waals surface area contributed by atoms with E-state index in [0.717, 1.165) is 49.1 Å². The first-order valence-electron chi connectivity index (χ1n) is 11.7. The number of amides is 1. The van der Waals surface area contributed by atoms with Crippen LogP contribution in [-0.4, -0.2) is 64.3 Å². The summed E-state index contributed by atoms with van der Waals surface area (Å²) in [6, 6.07) is 12.7. The van der Waals surface area contributed by atoms with Crippen LogP contribution in [0.3, 0.4) is 0 Å². The molecule has 1 amide bonds. The lowest BCUT2D eigenvalue weighted by Gasteiger charge is -2.31. The number of nitrogens with zero attached hydrogens (tertiary/aromatic N) is 5. The molecule has 0 radical (unpaired) electrons. The predicted molar refractivity (Wildman–Crippen MR) is 124 cm³/mol. The van der Waals surface area contributed by atoms with Gasteiger partial charge in [-0.15, -0.1) is 10.2 Å². The fraction of sp³-hybridized carbons (Fsp3) is 0.458. The van der Waals surface area contributed by atoms with Crippen LogP contribution < -0.4 is 0 Å². The van der Waals surface area contributed by atoms with E-state index in [0.29, 0.717) is 31.1 Å². The normalized spacial score (nSPS) is 18.6. The minimum atomic E-state index is -3.45. The first-order chi connectivity index (χ1) is 16.0. The van der Waals surface area contributed by atoms with Gasteiger partial charge in [0.05, 0.1) is 11.3 Å². The van der Waals surface area contributed by atoms with Gasteiger partial charge in [0.1, 0.15) is 5.82 Å². The molecule has 0 bridgehead atoms. The van der Waals surface area contributed by atoms with Gasteiger partial charge in [0, 0.05) is 38.3 Å². The molecule has 0 unspecified atom stereocenters. The van der Waals surface area contributed by atoms with Crippen molar-refractivity contribution in [3.8, 4) is 0 Å². The van der Waals surface area contributed by atoms with Gasteiger partial charge in [-0.3, -0.25) is 9.20 Å². The third kappa shape index (κ3) is 4.52. The van der Waals surface area contributed by atoms with E-state index in [-0.39, 0.29) is 18.2 Å². The maximum Gasteiger partial charge on any atom is 0.243 e. The summed E-state index contributed by atoms with van der Waals surface area (Å²) < 4.78 is 29.2. The molecule has 2 saturated heterocycles. The van der Waals surface area contributed by atoms with Crippen LogP contribution in [0.25, 0.3) is 5.65 Å². The van der Waals surface area contributed by atoms with E-state index < -0.39 is 10.0 Å². The van der Waals surface area contributed by atoms with E-state index in [9.17, 15) is 13.2 Å². The highest BCUT2D eigenvalue weighted by molar-refractivity contribution is 7.89. The summed E-state index contributed by atoms with van der Waals surface area (Å²) in [4.78, 5) is 15.1. The monoisotopic (exact) mass is 467 g/mol. The molecule has 9 heteroatoms. The SMILES string of the molecule is O=C(Cc1ccc(S(=O)(=O)N2CCCCC2)cc1)N1CCC(c2nnc3ccccn23)CC1. The molecule has 0 saturated carbocycles. The summed E-state index contributed by atoms with van der Waals surface area (Å²) in [5.41, 5.74) is 1.68. The van der Waals surface area contributed by atoms with Crippen LogP contribution in [0.1, 0.15) is 49.4 Å². The molecule has 0 N–H and O–H groups in total. The molecule has 0 aliphatic carbocycles. The zero-order valence-electron chi connectivity index (χ0n) is 18.6. The van der Waals surface area contributed by atoms with Gasteiger partial charge in [-0.25, -0.2) is 8.42 Å². The number of piperidine rings is 2. The summed E-state index contributed by atoms with van der Waals surface area (Å²) in [6.45, 7) is 2.55. The minimum absolute atomic E-state index is 0.0752. The second-order valence-corrected chi connectivity index (χ2v) is 10.9. The van der Waals surface area contributed by atoms with Crippen LogP contribution in [0.15, 0.2) is 53.6 Å². The Balaban J connectivity index is 1.18. The van der Waals surface area contributed by atoms with Gasteiger partial charge < -0.3 is 4.90 Å².